The summed E-state index contributed by atoms with van der Waals surface area (Å²) in [6, 6.07) is 5.47. The number of nitriles is 1. The van der Waals surface area contributed by atoms with Crippen molar-refractivity contribution < 1.29 is 5.11 Å². The Morgan fingerprint density at radius 2 is 2.35 bits per heavy atom. The summed E-state index contributed by atoms with van der Waals surface area (Å²) in [6.07, 6.45) is 2.56. The second-order valence-electron chi connectivity index (χ2n) is 4.96. The van der Waals surface area contributed by atoms with Crippen LogP contribution in [0.3, 0.4) is 0 Å². The number of hydrogen-bond acceptors (Lipinski definition) is 5. The molecule has 1 saturated carbocycles. The Morgan fingerprint density at radius 1 is 1.60 bits per heavy atom. The van der Waals surface area contributed by atoms with Gasteiger partial charge in [-0.3, -0.25) is 4.79 Å². The van der Waals surface area contributed by atoms with Gasteiger partial charge in [0.15, 0.2) is 11.3 Å². The van der Waals surface area contributed by atoms with Crippen LogP contribution < -0.4 is 5.56 Å². The Kier molecular flexibility index (Phi) is 2.87. The molecule has 0 spiro atoms. The molecule has 0 saturated heterocycles. The van der Waals surface area contributed by atoms with Gasteiger partial charge >= 0.3 is 0 Å². The zero-order valence-corrected chi connectivity index (χ0v) is 11.8. The molecular weight excluding hydrogens is 274 g/mol. The maximum atomic E-state index is 12.3. The lowest BCUT2D eigenvalue weighted by Gasteiger charge is -2.17. The first-order chi connectivity index (χ1) is 9.63. The van der Waals surface area contributed by atoms with Gasteiger partial charge in [0.1, 0.15) is 11.8 Å². The van der Waals surface area contributed by atoms with Gasteiger partial charge in [-0.05, 0) is 30.7 Å². The van der Waals surface area contributed by atoms with Crippen LogP contribution in [0.2, 0.25) is 0 Å². The van der Waals surface area contributed by atoms with E-state index in [-0.39, 0.29) is 16.9 Å². The van der Waals surface area contributed by atoms with Gasteiger partial charge in [0, 0.05) is 0 Å². The quantitative estimate of drug-likeness (QED) is 0.940. The fourth-order valence-corrected chi connectivity index (χ4v) is 3.09. The molecule has 2 heterocycles. The number of thiophene rings is 1. The number of nitrogens with zero attached hydrogens (tertiary/aromatic N) is 3. The first-order valence-electron chi connectivity index (χ1n) is 6.44. The summed E-state index contributed by atoms with van der Waals surface area (Å²) in [5.41, 5.74) is -0.675. The van der Waals surface area contributed by atoms with Crippen LogP contribution in [-0.2, 0) is 5.54 Å². The molecule has 0 bridgehead atoms. The summed E-state index contributed by atoms with van der Waals surface area (Å²) in [4.78, 5) is 13.1. The van der Waals surface area contributed by atoms with E-state index in [0.717, 1.165) is 24.1 Å². The largest absolute Gasteiger partial charge is 0.504 e. The molecule has 1 fully saturated rings. The van der Waals surface area contributed by atoms with Crippen LogP contribution in [0.1, 0.15) is 31.7 Å². The van der Waals surface area contributed by atoms with Gasteiger partial charge in [0.2, 0.25) is 0 Å². The molecule has 2 aromatic rings. The summed E-state index contributed by atoms with van der Waals surface area (Å²) >= 11 is 1.42. The van der Waals surface area contributed by atoms with E-state index in [2.05, 4.69) is 5.10 Å². The van der Waals surface area contributed by atoms with Gasteiger partial charge < -0.3 is 5.11 Å². The second kappa shape index (κ2) is 4.46. The lowest BCUT2D eigenvalue weighted by atomic mass is 10.1. The molecule has 6 heteroatoms. The number of aromatic nitrogens is 2. The molecule has 3 rings (SSSR count). The molecule has 0 radical (unpaired) electrons. The van der Waals surface area contributed by atoms with Gasteiger partial charge in [-0.15, -0.1) is 11.3 Å². The fraction of sp³-hybridized carbons (Fsp3) is 0.357. The van der Waals surface area contributed by atoms with E-state index >= 15 is 0 Å². The van der Waals surface area contributed by atoms with Gasteiger partial charge in [-0.2, -0.15) is 10.4 Å². The van der Waals surface area contributed by atoms with Crippen LogP contribution in [-0.4, -0.2) is 14.9 Å². The number of rotatable bonds is 3. The minimum atomic E-state index is -0.496. The molecule has 0 aromatic carbocycles. The Hall–Kier alpha value is -2.13. The highest BCUT2D eigenvalue weighted by molar-refractivity contribution is 7.13. The summed E-state index contributed by atoms with van der Waals surface area (Å²) in [7, 11) is 0. The Bertz CT molecular complexity index is 752. The molecule has 1 N–H and O–H groups in total. The molecule has 0 unspecified atom stereocenters. The standard InChI is InChI=1S/C14H13N3O2S/c1-2-14(5-6-14)17-13(19)9(8-15)12(18)11(16-17)10-4-3-7-20-10/h3-4,7,18H,2,5-6H2,1H3. The van der Waals surface area contributed by atoms with E-state index in [1.165, 1.54) is 16.0 Å². The van der Waals surface area contributed by atoms with Crippen molar-refractivity contribution in [1.82, 2.24) is 9.78 Å². The van der Waals surface area contributed by atoms with Gasteiger partial charge in [-0.1, -0.05) is 13.0 Å². The summed E-state index contributed by atoms with van der Waals surface area (Å²) < 4.78 is 1.40. The molecule has 0 aliphatic heterocycles. The second-order valence-corrected chi connectivity index (χ2v) is 5.90. The van der Waals surface area contributed by atoms with Crippen molar-refractivity contribution >= 4 is 11.3 Å². The Morgan fingerprint density at radius 3 is 2.85 bits per heavy atom. The molecule has 0 amide bonds. The van der Waals surface area contributed by atoms with Crippen molar-refractivity contribution in [2.75, 3.05) is 0 Å². The smallest absolute Gasteiger partial charge is 0.289 e. The van der Waals surface area contributed by atoms with Crippen molar-refractivity contribution in [3.8, 4) is 22.4 Å². The lowest BCUT2D eigenvalue weighted by molar-refractivity contribution is 0.387. The molecule has 2 aromatic heterocycles. The summed E-state index contributed by atoms with van der Waals surface area (Å²) in [5.74, 6) is -0.317. The Labute approximate surface area is 119 Å². The van der Waals surface area contributed by atoms with E-state index in [0.29, 0.717) is 5.69 Å². The molecule has 20 heavy (non-hydrogen) atoms. The third-order valence-corrected chi connectivity index (χ3v) is 4.74. The van der Waals surface area contributed by atoms with Gasteiger partial charge in [0.25, 0.3) is 5.56 Å². The first kappa shape index (κ1) is 12.9. The summed E-state index contributed by atoms with van der Waals surface area (Å²) in [5, 5.41) is 25.5. The highest BCUT2D eigenvalue weighted by atomic mass is 32.1. The maximum Gasteiger partial charge on any atom is 0.289 e. The van der Waals surface area contributed by atoms with Crippen molar-refractivity contribution in [2.24, 2.45) is 0 Å². The van der Waals surface area contributed by atoms with Crippen LogP contribution in [0.4, 0.5) is 0 Å². The van der Waals surface area contributed by atoms with Crippen molar-refractivity contribution in [3.63, 3.8) is 0 Å². The van der Waals surface area contributed by atoms with Crippen LogP contribution in [0.5, 0.6) is 5.75 Å². The van der Waals surface area contributed by atoms with Crippen molar-refractivity contribution in [3.05, 3.63) is 33.4 Å². The van der Waals surface area contributed by atoms with Crippen LogP contribution in [0.15, 0.2) is 22.3 Å². The summed E-state index contributed by atoms with van der Waals surface area (Å²) in [6.45, 7) is 2.00. The van der Waals surface area contributed by atoms with Crippen molar-refractivity contribution in [1.29, 1.82) is 5.26 Å². The molecule has 0 atom stereocenters. The first-order valence-corrected chi connectivity index (χ1v) is 7.31. The van der Waals surface area contributed by atoms with E-state index in [1.807, 2.05) is 30.5 Å². The predicted molar refractivity (Wildman–Crippen MR) is 75.7 cm³/mol. The topological polar surface area (TPSA) is 78.9 Å². The van der Waals surface area contributed by atoms with Crippen LogP contribution in [0.25, 0.3) is 10.6 Å². The van der Waals surface area contributed by atoms with Crippen LogP contribution >= 0.6 is 11.3 Å². The minimum absolute atomic E-state index is 0.219. The highest BCUT2D eigenvalue weighted by Crippen LogP contribution is 2.45. The van der Waals surface area contributed by atoms with E-state index in [9.17, 15) is 9.90 Å². The van der Waals surface area contributed by atoms with E-state index < -0.39 is 5.56 Å². The molecule has 1 aliphatic carbocycles. The molecule has 102 valence electrons. The maximum absolute atomic E-state index is 12.3. The monoisotopic (exact) mass is 287 g/mol. The molecular formula is C14H13N3O2S. The SMILES string of the molecule is CCC1(n2nc(-c3cccs3)c(O)c(C#N)c2=O)CC1. The van der Waals surface area contributed by atoms with Crippen LogP contribution in [0, 0.1) is 11.3 Å². The third kappa shape index (κ3) is 1.74. The molecule has 1 aliphatic rings. The normalized spacial score (nSPS) is 15.8. The van der Waals surface area contributed by atoms with E-state index in [4.69, 9.17) is 5.26 Å². The predicted octanol–water partition coefficient (Wildman–Crippen LogP) is 2.45. The highest BCUT2D eigenvalue weighted by Gasteiger charge is 2.45. The number of hydrogen-bond donors (Lipinski definition) is 1. The zero-order chi connectivity index (χ0) is 14.3. The number of aromatic hydroxyl groups is 1. The molecule has 5 nitrogen and oxygen atoms in total. The Balaban J connectivity index is 2.30. The zero-order valence-electron chi connectivity index (χ0n) is 11.0. The van der Waals surface area contributed by atoms with E-state index in [1.54, 1.807) is 0 Å². The van der Waals surface area contributed by atoms with Gasteiger partial charge in [-0.25, -0.2) is 4.68 Å². The fourth-order valence-electron chi connectivity index (χ4n) is 2.38. The third-order valence-electron chi connectivity index (χ3n) is 3.87. The average molecular weight is 287 g/mol. The van der Waals surface area contributed by atoms with Crippen molar-refractivity contribution in [2.45, 2.75) is 31.7 Å². The van der Waals surface area contributed by atoms with Gasteiger partial charge in [0.05, 0.1) is 10.4 Å². The lowest BCUT2D eigenvalue weighted by Crippen LogP contribution is -2.34. The average Bonchev–Trinajstić information content (AvgIpc) is 3.05. The minimum Gasteiger partial charge on any atom is -0.504 e.